The second kappa shape index (κ2) is 10.1. The Kier molecular flexibility index (Phi) is 6.71. The summed E-state index contributed by atoms with van der Waals surface area (Å²) in [5.41, 5.74) is 1.34. The maximum atomic E-state index is 14.0. The lowest BCUT2D eigenvalue weighted by molar-refractivity contribution is -0.123. The van der Waals surface area contributed by atoms with Gasteiger partial charge in [-0.05, 0) is 74.4 Å². The first-order valence-electron chi connectivity index (χ1n) is 10.9. The molecule has 0 unspecified atom stereocenters. The first-order chi connectivity index (χ1) is 17.4. The van der Waals surface area contributed by atoms with Crippen molar-refractivity contribution in [1.29, 1.82) is 0 Å². The molecule has 178 valence electrons. The molecule has 1 aliphatic heterocycles. The van der Waals surface area contributed by atoms with Crippen molar-refractivity contribution < 1.29 is 23.5 Å². The average Bonchev–Trinajstić information content (AvgIpc) is 3.13. The SMILES string of the molecule is O=C(Oc1ccc(/C=C2\SC(=O)N(Cc3ccccc3F)C2=O)cc1Br)c1cccc2ccccc12. The van der Waals surface area contributed by atoms with Gasteiger partial charge in [-0.2, -0.15) is 0 Å². The van der Waals surface area contributed by atoms with Gasteiger partial charge < -0.3 is 4.74 Å². The minimum Gasteiger partial charge on any atom is -0.422 e. The van der Waals surface area contributed by atoms with Gasteiger partial charge in [-0.15, -0.1) is 0 Å². The zero-order valence-electron chi connectivity index (χ0n) is 18.6. The van der Waals surface area contributed by atoms with Crippen molar-refractivity contribution in [2.24, 2.45) is 0 Å². The van der Waals surface area contributed by atoms with Gasteiger partial charge in [0.15, 0.2) is 0 Å². The highest BCUT2D eigenvalue weighted by Gasteiger charge is 2.35. The molecule has 4 aromatic carbocycles. The number of carbonyl (C=O) groups excluding carboxylic acids is 3. The number of fused-ring (bicyclic) bond motifs is 1. The highest BCUT2D eigenvalue weighted by Crippen LogP contribution is 2.35. The molecule has 0 aromatic heterocycles. The Balaban J connectivity index is 1.33. The predicted molar refractivity (Wildman–Crippen MR) is 141 cm³/mol. The number of nitrogens with zero attached hydrogens (tertiary/aromatic N) is 1. The van der Waals surface area contributed by atoms with Crippen LogP contribution in [-0.2, 0) is 11.3 Å². The minimum atomic E-state index is -0.491. The Morgan fingerprint density at radius 3 is 2.53 bits per heavy atom. The lowest BCUT2D eigenvalue weighted by Crippen LogP contribution is -2.27. The van der Waals surface area contributed by atoms with Gasteiger partial charge in [-0.1, -0.05) is 60.7 Å². The number of ether oxygens (including phenoxy) is 1. The van der Waals surface area contributed by atoms with Crippen LogP contribution in [0.1, 0.15) is 21.5 Å². The fourth-order valence-electron chi connectivity index (χ4n) is 3.83. The number of imide groups is 1. The van der Waals surface area contributed by atoms with E-state index in [0.29, 0.717) is 21.3 Å². The number of benzene rings is 4. The molecule has 1 heterocycles. The molecule has 0 aliphatic carbocycles. The standard InChI is InChI=1S/C28H17BrFNO4S/c29-22-14-17(15-25-26(32)31(28(34)36-25)16-19-7-2-4-11-23(19)30)12-13-24(22)35-27(33)21-10-5-8-18-6-1-3-9-20(18)21/h1-15H,16H2/b25-15-. The van der Waals surface area contributed by atoms with Crippen LogP contribution in [0.15, 0.2) is 94.3 Å². The van der Waals surface area contributed by atoms with Crippen LogP contribution in [-0.4, -0.2) is 22.0 Å². The molecule has 0 saturated carbocycles. The molecule has 1 aliphatic rings. The van der Waals surface area contributed by atoms with E-state index in [1.54, 1.807) is 48.5 Å². The third kappa shape index (κ3) is 4.82. The minimum absolute atomic E-state index is 0.137. The molecule has 0 spiro atoms. The molecule has 2 amide bonds. The summed E-state index contributed by atoms with van der Waals surface area (Å²) in [5, 5.41) is 1.27. The zero-order chi connectivity index (χ0) is 25.2. The number of amides is 2. The Morgan fingerprint density at radius 1 is 0.972 bits per heavy atom. The third-order valence-corrected chi connectivity index (χ3v) is 7.15. The van der Waals surface area contributed by atoms with Gasteiger partial charge in [0.25, 0.3) is 11.1 Å². The van der Waals surface area contributed by atoms with Crippen LogP contribution < -0.4 is 4.74 Å². The van der Waals surface area contributed by atoms with Gasteiger partial charge >= 0.3 is 5.97 Å². The predicted octanol–water partition coefficient (Wildman–Crippen LogP) is 7.20. The molecule has 1 saturated heterocycles. The lowest BCUT2D eigenvalue weighted by Gasteiger charge is -2.12. The van der Waals surface area contributed by atoms with Crippen molar-refractivity contribution in [1.82, 2.24) is 4.90 Å². The maximum Gasteiger partial charge on any atom is 0.344 e. The van der Waals surface area contributed by atoms with E-state index in [4.69, 9.17) is 4.74 Å². The molecule has 0 N–H and O–H groups in total. The summed E-state index contributed by atoms with van der Waals surface area (Å²) < 4.78 is 20.1. The number of carbonyl (C=O) groups is 3. The van der Waals surface area contributed by atoms with Crippen LogP contribution in [0.5, 0.6) is 5.75 Å². The molecule has 8 heteroatoms. The van der Waals surface area contributed by atoms with E-state index in [0.717, 1.165) is 27.4 Å². The van der Waals surface area contributed by atoms with Gasteiger partial charge in [0.05, 0.1) is 21.5 Å². The van der Waals surface area contributed by atoms with Crippen LogP contribution in [0.4, 0.5) is 9.18 Å². The fourth-order valence-corrected chi connectivity index (χ4v) is 5.15. The quantitative estimate of drug-likeness (QED) is 0.146. The van der Waals surface area contributed by atoms with E-state index in [2.05, 4.69) is 15.9 Å². The fraction of sp³-hybridized carbons (Fsp3) is 0.0357. The summed E-state index contributed by atoms with van der Waals surface area (Å²) in [6.45, 7) is -0.137. The Labute approximate surface area is 218 Å². The average molecular weight is 562 g/mol. The van der Waals surface area contributed by atoms with Crippen molar-refractivity contribution in [2.75, 3.05) is 0 Å². The van der Waals surface area contributed by atoms with Crippen molar-refractivity contribution in [3.8, 4) is 5.75 Å². The Hall–Kier alpha value is -3.75. The molecule has 5 nitrogen and oxygen atoms in total. The lowest BCUT2D eigenvalue weighted by atomic mass is 10.0. The summed E-state index contributed by atoms with van der Waals surface area (Å²) in [4.78, 5) is 39.3. The largest absolute Gasteiger partial charge is 0.422 e. The zero-order valence-corrected chi connectivity index (χ0v) is 21.0. The highest BCUT2D eigenvalue weighted by molar-refractivity contribution is 9.10. The van der Waals surface area contributed by atoms with E-state index in [1.165, 1.54) is 12.1 Å². The number of thioether (sulfide) groups is 1. The normalized spacial score (nSPS) is 14.6. The number of halogens is 2. The summed E-state index contributed by atoms with van der Waals surface area (Å²) >= 11 is 4.22. The molecule has 5 rings (SSSR count). The van der Waals surface area contributed by atoms with Gasteiger partial charge in [0.2, 0.25) is 0 Å². The van der Waals surface area contributed by atoms with E-state index < -0.39 is 22.9 Å². The monoisotopic (exact) mass is 561 g/mol. The van der Waals surface area contributed by atoms with Crippen LogP contribution in [0, 0.1) is 5.82 Å². The van der Waals surface area contributed by atoms with Crippen molar-refractivity contribution in [3.63, 3.8) is 0 Å². The Morgan fingerprint density at radius 2 is 1.72 bits per heavy atom. The van der Waals surface area contributed by atoms with Crippen LogP contribution in [0.3, 0.4) is 0 Å². The molecule has 36 heavy (non-hydrogen) atoms. The second-order valence-electron chi connectivity index (χ2n) is 7.97. The molecule has 0 bridgehead atoms. The molecule has 4 aromatic rings. The second-order valence-corrected chi connectivity index (χ2v) is 9.81. The molecule has 1 fully saturated rings. The molecular formula is C28H17BrFNO4S. The Bertz CT molecular complexity index is 1560. The van der Waals surface area contributed by atoms with Crippen molar-refractivity contribution in [2.45, 2.75) is 6.54 Å². The van der Waals surface area contributed by atoms with Crippen LogP contribution in [0.2, 0.25) is 0 Å². The number of rotatable bonds is 5. The first-order valence-corrected chi connectivity index (χ1v) is 12.5. The van der Waals surface area contributed by atoms with E-state index in [9.17, 15) is 18.8 Å². The summed E-state index contributed by atoms with van der Waals surface area (Å²) in [5.74, 6) is -1.14. The van der Waals surface area contributed by atoms with Gasteiger partial charge in [0.1, 0.15) is 11.6 Å². The topological polar surface area (TPSA) is 63.7 Å². The van der Waals surface area contributed by atoms with Crippen molar-refractivity contribution >= 4 is 61.7 Å². The van der Waals surface area contributed by atoms with Crippen molar-refractivity contribution in [3.05, 3.63) is 117 Å². The number of hydrogen-bond acceptors (Lipinski definition) is 5. The molecular weight excluding hydrogens is 545 g/mol. The van der Waals surface area contributed by atoms with E-state index in [1.807, 2.05) is 30.3 Å². The number of esters is 1. The third-order valence-electron chi connectivity index (χ3n) is 5.63. The van der Waals surface area contributed by atoms with Crippen LogP contribution >= 0.6 is 27.7 Å². The van der Waals surface area contributed by atoms with E-state index >= 15 is 0 Å². The maximum absolute atomic E-state index is 14.0. The molecule has 0 atom stereocenters. The van der Waals surface area contributed by atoms with Gasteiger partial charge in [0, 0.05) is 5.56 Å². The first kappa shape index (κ1) is 24.0. The van der Waals surface area contributed by atoms with Gasteiger partial charge in [-0.3, -0.25) is 14.5 Å². The smallest absolute Gasteiger partial charge is 0.344 e. The molecule has 0 radical (unpaired) electrons. The highest BCUT2D eigenvalue weighted by atomic mass is 79.9. The number of hydrogen-bond donors (Lipinski definition) is 0. The summed E-state index contributed by atoms with van der Waals surface area (Å²) in [6.07, 6.45) is 1.58. The summed E-state index contributed by atoms with van der Waals surface area (Å²) in [6, 6.07) is 24.0. The van der Waals surface area contributed by atoms with Crippen LogP contribution in [0.25, 0.3) is 16.8 Å². The van der Waals surface area contributed by atoms with E-state index in [-0.39, 0.29) is 17.0 Å². The summed E-state index contributed by atoms with van der Waals surface area (Å²) in [7, 11) is 0. The van der Waals surface area contributed by atoms with Gasteiger partial charge in [-0.25, -0.2) is 9.18 Å².